The van der Waals surface area contributed by atoms with Gasteiger partial charge in [0.05, 0.1) is 37.0 Å². The van der Waals surface area contributed by atoms with E-state index in [1.807, 2.05) is 13.8 Å². The van der Waals surface area contributed by atoms with E-state index >= 15 is 0 Å². The average molecular weight is 358 g/mol. The average Bonchev–Trinajstić information content (AvgIpc) is 2.60. The molecule has 0 aliphatic heterocycles. The summed E-state index contributed by atoms with van der Waals surface area (Å²) in [5, 5.41) is 4.12. The van der Waals surface area contributed by atoms with Crippen molar-refractivity contribution in [3.05, 3.63) is 23.8 Å². The number of hydrogen-bond donors (Lipinski definition) is 0. The van der Waals surface area contributed by atoms with Crippen LogP contribution in [0.2, 0.25) is 0 Å². The molecule has 0 saturated heterocycles. The van der Waals surface area contributed by atoms with Crippen LogP contribution in [0.4, 0.5) is 4.79 Å². The number of carbonyl (C=O) groups is 2. The van der Waals surface area contributed by atoms with Gasteiger partial charge in [-0.15, -0.1) is 0 Å². The maximum Gasteiger partial charge on any atom is 0.543 e. The van der Waals surface area contributed by atoms with Gasteiger partial charge in [-0.25, -0.2) is 14.5 Å². The molecular weight excluding hydrogens is 336 g/mol. The van der Waals surface area contributed by atoms with E-state index in [2.05, 4.69) is 14.8 Å². The molecule has 1 aromatic carbocycles. The van der Waals surface area contributed by atoms with Crippen molar-refractivity contribution in [2.45, 2.75) is 25.9 Å². The van der Waals surface area contributed by atoms with Crippen LogP contribution in [-0.4, -0.2) is 45.7 Å². The molecule has 0 N–H and O–H groups in total. The molecule has 9 heteroatoms. The van der Waals surface area contributed by atoms with Crippen molar-refractivity contribution in [3.63, 3.8) is 0 Å². The van der Waals surface area contributed by atoms with Crippen LogP contribution in [0.5, 0.6) is 11.5 Å². The second-order valence-electron chi connectivity index (χ2n) is 5.40. The number of carbonyl (C=O) groups excluding carboxylic acids is 2. The fourth-order valence-corrected chi connectivity index (χ4v) is 1.59. The Morgan fingerprint density at radius 3 is 2.28 bits per heavy atom. The summed E-state index contributed by atoms with van der Waals surface area (Å²) >= 11 is 0. The molecule has 0 radical (unpaired) electrons. The summed E-state index contributed by atoms with van der Waals surface area (Å²) in [6.45, 7) is 3.72. The summed E-state index contributed by atoms with van der Waals surface area (Å²) in [6, 6.07) is 4.33. The van der Waals surface area contributed by atoms with Crippen LogP contribution < -0.4 is 9.47 Å². The molecule has 0 heterocycles. The van der Waals surface area contributed by atoms with Crippen LogP contribution >= 0.6 is 0 Å². The van der Waals surface area contributed by atoms with E-state index in [1.165, 1.54) is 32.4 Å². The second kappa shape index (κ2) is 9.70. The van der Waals surface area contributed by atoms with Crippen LogP contribution in [0.15, 0.2) is 18.2 Å². The Morgan fingerprint density at radius 1 is 1.00 bits per heavy atom. The van der Waals surface area contributed by atoms with Crippen LogP contribution in [0.25, 0.3) is 0 Å². The number of benzene rings is 1. The quantitative estimate of drug-likeness (QED) is 0.375. The molecule has 0 amide bonds. The Bertz CT molecular complexity index is 583. The van der Waals surface area contributed by atoms with E-state index < -0.39 is 17.7 Å². The minimum Gasteiger partial charge on any atom is -0.493 e. The maximum absolute atomic E-state index is 11.8. The summed E-state index contributed by atoms with van der Waals surface area (Å²) in [6.07, 6.45) is -0.698. The smallest absolute Gasteiger partial charge is 0.493 e. The third-order valence-corrected chi connectivity index (χ3v) is 3.31. The van der Waals surface area contributed by atoms with Gasteiger partial charge in [-0.3, -0.25) is 4.89 Å². The molecule has 0 saturated carbocycles. The van der Waals surface area contributed by atoms with Crippen molar-refractivity contribution in [3.8, 4) is 11.5 Å². The fourth-order valence-electron chi connectivity index (χ4n) is 1.59. The Morgan fingerprint density at radius 2 is 1.68 bits per heavy atom. The minimum absolute atomic E-state index is 0.0483. The van der Waals surface area contributed by atoms with Crippen LogP contribution in [-0.2, 0) is 24.3 Å². The largest absolute Gasteiger partial charge is 0.543 e. The monoisotopic (exact) mass is 358 g/mol. The van der Waals surface area contributed by atoms with E-state index in [0.717, 1.165) is 0 Å². The lowest BCUT2D eigenvalue weighted by atomic mass is 10.1. The summed E-state index contributed by atoms with van der Waals surface area (Å²) in [4.78, 5) is 31.6. The lowest BCUT2D eigenvalue weighted by Gasteiger charge is -2.21. The lowest BCUT2D eigenvalue weighted by Crippen LogP contribution is -2.25. The molecule has 1 rings (SSSR count). The summed E-state index contributed by atoms with van der Waals surface area (Å²) in [5.74, 6) is -0.119. The first-order valence-corrected chi connectivity index (χ1v) is 7.32. The van der Waals surface area contributed by atoms with Gasteiger partial charge in [0.1, 0.15) is 0 Å². The van der Waals surface area contributed by atoms with Gasteiger partial charge in [-0.2, -0.15) is 0 Å². The fraction of sp³-hybridized carbons (Fsp3) is 0.500. The number of ether oxygens (including phenoxy) is 4. The van der Waals surface area contributed by atoms with Crippen molar-refractivity contribution in [1.82, 2.24) is 0 Å². The predicted octanol–water partition coefficient (Wildman–Crippen LogP) is 2.68. The van der Waals surface area contributed by atoms with Gasteiger partial charge < -0.3 is 18.9 Å². The summed E-state index contributed by atoms with van der Waals surface area (Å²) in [5.41, 5.74) is -0.336. The van der Waals surface area contributed by atoms with Crippen LogP contribution in [0.3, 0.4) is 0 Å². The van der Waals surface area contributed by atoms with Gasteiger partial charge in [0.25, 0.3) is 0 Å². The first kappa shape index (κ1) is 20.5. The zero-order chi connectivity index (χ0) is 18.9. The third-order valence-electron chi connectivity index (χ3n) is 3.31. The first-order chi connectivity index (χ1) is 11.8. The highest BCUT2D eigenvalue weighted by molar-refractivity contribution is 5.89. The van der Waals surface area contributed by atoms with Crippen molar-refractivity contribution < 1.29 is 43.3 Å². The van der Waals surface area contributed by atoms with Crippen molar-refractivity contribution >= 4 is 12.1 Å². The molecule has 0 spiro atoms. The number of methoxy groups -OCH3 is 3. The molecule has 0 fully saturated rings. The highest BCUT2D eigenvalue weighted by Crippen LogP contribution is 2.27. The molecule has 25 heavy (non-hydrogen) atoms. The van der Waals surface area contributed by atoms with E-state index in [1.54, 1.807) is 7.11 Å². The van der Waals surface area contributed by atoms with Gasteiger partial charge in [-0.05, 0) is 32.0 Å². The topological polar surface area (TPSA) is 98.8 Å². The van der Waals surface area contributed by atoms with Crippen molar-refractivity contribution in [1.29, 1.82) is 0 Å². The summed E-state index contributed by atoms with van der Waals surface area (Å²) < 4.78 is 20.0. The molecule has 0 unspecified atom stereocenters. The lowest BCUT2D eigenvalue weighted by molar-refractivity contribution is -0.452. The zero-order valence-electron chi connectivity index (χ0n) is 14.8. The number of hydrogen-bond acceptors (Lipinski definition) is 9. The van der Waals surface area contributed by atoms with Gasteiger partial charge in [-0.1, -0.05) is 0 Å². The molecule has 0 aliphatic carbocycles. The summed E-state index contributed by atoms with van der Waals surface area (Å²) in [7, 11) is 4.44. The van der Waals surface area contributed by atoms with E-state index in [-0.39, 0.29) is 12.2 Å². The van der Waals surface area contributed by atoms with Gasteiger partial charge in [0.2, 0.25) is 0 Å². The molecule has 140 valence electrons. The SMILES string of the molecule is COc1ccc(C(=O)OOOC(=O)OCCC(C)(C)OC)cc1OC. The molecule has 0 atom stereocenters. The van der Waals surface area contributed by atoms with Gasteiger partial charge >= 0.3 is 12.1 Å². The first-order valence-electron chi connectivity index (χ1n) is 7.32. The molecule has 9 nitrogen and oxygen atoms in total. The van der Waals surface area contributed by atoms with Gasteiger partial charge in [0.15, 0.2) is 11.5 Å². The van der Waals surface area contributed by atoms with E-state index in [9.17, 15) is 9.59 Å². The molecule has 0 bridgehead atoms. The van der Waals surface area contributed by atoms with Crippen molar-refractivity contribution in [2.24, 2.45) is 0 Å². The maximum atomic E-state index is 11.8. The highest BCUT2D eigenvalue weighted by atomic mass is 17.5. The predicted molar refractivity (Wildman–Crippen MR) is 84.2 cm³/mol. The highest BCUT2D eigenvalue weighted by Gasteiger charge is 2.18. The molecular formula is C16H22O9. The zero-order valence-corrected chi connectivity index (χ0v) is 14.8. The Hall–Kier alpha value is -2.52. The van der Waals surface area contributed by atoms with E-state index in [4.69, 9.17) is 18.9 Å². The standard InChI is InChI=1S/C16H22O9/c1-16(2,21-5)8-9-22-15(18)24-25-23-14(17)11-6-7-12(19-3)13(10-11)20-4/h6-7,10H,8-9H2,1-5H3. The van der Waals surface area contributed by atoms with Gasteiger partial charge in [0, 0.05) is 13.5 Å². The number of rotatable bonds is 9. The Labute approximate surface area is 145 Å². The van der Waals surface area contributed by atoms with Crippen molar-refractivity contribution in [2.75, 3.05) is 27.9 Å². The Kier molecular flexibility index (Phi) is 7.96. The normalized spacial score (nSPS) is 10.8. The third kappa shape index (κ3) is 6.86. The minimum atomic E-state index is -1.15. The van der Waals surface area contributed by atoms with Crippen LogP contribution in [0, 0.1) is 0 Å². The second-order valence-corrected chi connectivity index (χ2v) is 5.40. The molecule has 1 aromatic rings. The Balaban J connectivity index is 2.38. The molecule has 0 aromatic heterocycles. The molecule has 0 aliphatic rings. The van der Waals surface area contributed by atoms with Crippen LogP contribution in [0.1, 0.15) is 30.6 Å². The van der Waals surface area contributed by atoms with E-state index in [0.29, 0.717) is 17.9 Å².